The summed E-state index contributed by atoms with van der Waals surface area (Å²) in [6, 6.07) is 9.59. The summed E-state index contributed by atoms with van der Waals surface area (Å²) in [5.41, 5.74) is 1.93. The lowest BCUT2D eigenvalue weighted by Gasteiger charge is -2.20. The number of hydrogen-bond donors (Lipinski definition) is 1. The van der Waals surface area contributed by atoms with E-state index in [9.17, 15) is 13.2 Å². The molecule has 1 aliphatic heterocycles. The number of rotatable bonds is 7. The number of carbonyl (C=O) groups is 1. The maximum absolute atomic E-state index is 12.8. The molecule has 1 saturated heterocycles. The van der Waals surface area contributed by atoms with Crippen molar-refractivity contribution in [3.8, 4) is 11.3 Å². The molecule has 0 radical (unpaired) electrons. The van der Waals surface area contributed by atoms with Crippen LogP contribution in [0.5, 0.6) is 0 Å². The van der Waals surface area contributed by atoms with Gasteiger partial charge in [-0.25, -0.2) is 13.4 Å². The number of hydrogen-bond acceptors (Lipinski definition) is 7. The van der Waals surface area contributed by atoms with Crippen LogP contribution in [0, 0.1) is 0 Å². The molecule has 162 valence electrons. The Labute approximate surface area is 185 Å². The number of likely N-dealkylation sites (N-methyl/N-ethyl adjacent to an activating group) is 1. The van der Waals surface area contributed by atoms with Crippen LogP contribution in [0.15, 0.2) is 59.1 Å². The van der Waals surface area contributed by atoms with Crippen LogP contribution in [0.4, 0.5) is 5.13 Å². The molecule has 3 heterocycles. The Morgan fingerprint density at radius 1 is 1.29 bits per heavy atom. The molecule has 1 aliphatic rings. The number of aromatic nitrogens is 2. The quantitative estimate of drug-likeness (QED) is 0.583. The standard InChI is InChI=1S/C21H22N4O4S2/c1-25(13-17-5-3-11-29-17)31(27,28)18-8-6-15(7-9-18)20(26)24-21-23-19(14-30-21)16-4-2-10-22-12-16/h2,4,6-10,12,14,17H,3,5,11,13H2,1H3,(H,23,24,26)/t17-/m0/s1. The fourth-order valence-corrected chi connectivity index (χ4v) is 5.20. The summed E-state index contributed by atoms with van der Waals surface area (Å²) in [6.45, 7) is 0.985. The molecule has 1 atom stereocenters. The van der Waals surface area contributed by atoms with E-state index in [0.29, 0.717) is 23.8 Å². The molecule has 0 saturated carbocycles. The van der Waals surface area contributed by atoms with E-state index in [4.69, 9.17) is 4.74 Å². The number of nitrogens with zero attached hydrogens (tertiary/aromatic N) is 3. The van der Waals surface area contributed by atoms with Crippen molar-refractivity contribution in [2.75, 3.05) is 25.5 Å². The van der Waals surface area contributed by atoms with Crippen molar-refractivity contribution < 1.29 is 17.9 Å². The minimum absolute atomic E-state index is 0.0697. The van der Waals surface area contributed by atoms with Crippen molar-refractivity contribution in [1.82, 2.24) is 14.3 Å². The SMILES string of the molecule is CN(C[C@@H]1CCCO1)S(=O)(=O)c1ccc(C(=O)Nc2nc(-c3cccnc3)cs2)cc1. The average Bonchev–Trinajstić information content (AvgIpc) is 3.46. The van der Waals surface area contributed by atoms with Gasteiger partial charge < -0.3 is 4.74 Å². The molecular weight excluding hydrogens is 436 g/mol. The summed E-state index contributed by atoms with van der Waals surface area (Å²) >= 11 is 1.31. The second kappa shape index (κ2) is 9.23. The molecule has 1 aromatic carbocycles. The highest BCUT2D eigenvalue weighted by Crippen LogP contribution is 2.25. The van der Waals surface area contributed by atoms with Crippen LogP contribution in [0.25, 0.3) is 11.3 Å². The lowest BCUT2D eigenvalue weighted by Crippen LogP contribution is -2.34. The van der Waals surface area contributed by atoms with Crippen LogP contribution in [0.1, 0.15) is 23.2 Å². The molecule has 31 heavy (non-hydrogen) atoms. The second-order valence-electron chi connectivity index (χ2n) is 7.18. The van der Waals surface area contributed by atoms with E-state index in [2.05, 4.69) is 15.3 Å². The molecule has 10 heteroatoms. The zero-order valence-corrected chi connectivity index (χ0v) is 18.5. The number of thiazole rings is 1. The van der Waals surface area contributed by atoms with Crippen LogP contribution in [0.2, 0.25) is 0 Å². The van der Waals surface area contributed by atoms with Crippen LogP contribution >= 0.6 is 11.3 Å². The fourth-order valence-electron chi connectivity index (χ4n) is 3.28. The number of anilines is 1. The largest absolute Gasteiger partial charge is 0.377 e. The minimum atomic E-state index is -3.65. The highest BCUT2D eigenvalue weighted by atomic mass is 32.2. The van der Waals surface area contributed by atoms with Gasteiger partial charge in [0.05, 0.1) is 16.7 Å². The normalized spacial score (nSPS) is 16.5. The summed E-state index contributed by atoms with van der Waals surface area (Å²) < 4.78 is 32.4. The van der Waals surface area contributed by atoms with Gasteiger partial charge in [-0.15, -0.1) is 11.3 Å². The first kappa shape index (κ1) is 21.6. The Hall–Kier alpha value is -2.66. The summed E-state index contributed by atoms with van der Waals surface area (Å²) in [6.07, 6.45) is 5.13. The Morgan fingerprint density at radius 2 is 2.10 bits per heavy atom. The first-order chi connectivity index (χ1) is 14.9. The molecule has 0 spiro atoms. The molecule has 1 amide bonds. The third kappa shape index (κ3) is 4.99. The molecular formula is C21H22N4O4S2. The smallest absolute Gasteiger partial charge is 0.257 e. The lowest BCUT2D eigenvalue weighted by molar-refractivity contribution is 0.0979. The van der Waals surface area contributed by atoms with Crippen molar-refractivity contribution >= 4 is 32.4 Å². The summed E-state index contributed by atoms with van der Waals surface area (Å²) in [5, 5.41) is 5.04. The molecule has 1 fully saturated rings. The molecule has 4 rings (SSSR count). The van der Waals surface area contributed by atoms with E-state index in [1.54, 1.807) is 19.4 Å². The fraction of sp³-hybridized carbons (Fsp3) is 0.286. The minimum Gasteiger partial charge on any atom is -0.377 e. The molecule has 1 N–H and O–H groups in total. The second-order valence-corrected chi connectivity index (χ2v) is 10.1. The molecule has 0 bridgehead atoms. The van der Waals surface area contributed by atoms with Crippen molar-refractivity contribution in [1.29, 1.82) is 0 Å². The van der Waals surface area contributed by atoms with Crippen LogP contribution in [-0.2, 0) is 14.8 Å². The summed E-state index contributed by atoms with van der Waals surface area (Å²) in [4.78, 5) is 21.2. The monoisotopic (exact) mass is 458 g/mol. The van der Waals surface area contributed by atoms with Gasteiger partial charge in [0, 0.05) is 49.1 Å². The third-order valence-corrected chi connectivity index (χ3v) is 7.59. The van der Waals surface area contributed by atoms with Gasteiger partial charge in [-0.05, 0) is 49.2 Å². The number of pyridine rings is 1. The van der Waals surface area contributed by atoms with Crippen LogP contribution in [-0.4, -0.2) is 54.9 Å². The highest BCUT2D eigenvalue weighted by Gasteiger charge is 2.26. The van der Waals surface area contributed by atoms with E-state index in [-0.39, 0.29) is 16.9 Å². The maximum Gasteiger partial charge on any atom is 0.257 e. The Kier molecular flexibility index (Phi) is 6.42. The van der Waals surface area contributed by atoms with E-state index in [1.807, 2.05) is 17.5 Å². The zero-order valence-electron chi connectivity index (χ0n) is 16.9. The van der Waals surface area contributed by atoms with Crippen molar-refractivity contribution in [3.05, 3.63) is 59.7 Å². The van der Waals surface area contributed by atoms with Gasteiger partial charge >= 0.3 is 0 Å². The Morgan fingerprint density at radius 3 is 2.77 bits per heavy atom. The molecule has 0 aliphatic carbocycles. The van der Waals surface area contributed by atoms with Gasteiger partial charge in [-0.2, -0.15) is 4.31 Å². The number of amides is 1. The summed E-state index contributed by atoms with van der Waals surface area (Å²) in [7, 11) is -2.11. The van der Waals surface area contributed by atoms with Crippen molar-refractivity contribution in [3.63, 3.8) is 0 Å². The van der Waals surface area contributed by atoms with E-state index >= 15 is 0 Å². The summed E-state index contributed by atoms with van der Waals surface area (Å²) in [5.74, 6) is -0.358. The zero-order chi connectivity index (χ0) is 21.8. The van der Waals surface area contributed by atoms with Crippen LogP contribution < -0.4 is 5.32 Å². The van der Waals surface area contributed by atoms with Crippen molar-refractivity contribution in [2.45, 2.75) is 23.8 Å². The molecule has 2 aromatic heterocycles. The maximum atomic E-state index is 12.8. The van der Waals surface area contributed by atoms with Crippen LogP contribution in [0.3, 0.4) is 0 Å². The van der Waals surface area contributed by atoms with E-state index < -0.39 is 10.0 Å². The Bertz CT molecular complexity index is 1140. The first-order valence-electron chi connectivity index (χ1n) is 9.79. The Balaban J connectivity index is 1.41. The van der Waals surface area contributed by atoms with Crippen molar-refractivity contribution in [2.24, 2.45) is 0 Å². The van der Waals surface area contributed by atoms with E-state index in [0.717, 1.165) is 24.1 Å². The predicted octanol–water partition coefficient (Wildman–Crippen LogP) is 3.26. The van der Waals surface area contributed by atoms with Gasteiger partial charge in [-0.3, -0.25) is 15.1 Å². The average molecular weight is 459 g/mol. The number of benzene rings is 1. The number of carbonyl (C=O) groups excluding carboxylic acids is 1. The van der Waals surface area contributed by atoms with Gasteiger partial charge in [0.15, 0.2) is 5.13 Å². The topological polar surface area (TPSA) is 101 Å². The molecule has 3 aromatic rings. The van der Waals surface area contributed by atoms with Gasteiger partial charge in [-0.1, -0.05) is 0 Å². The molecule has 8 nitrogen and oxygen atoms in total. The number of nitrogens with one attached hydrogen (secondary N) is 1. The lowest BCUT2D eigenvalue weighted by atomic mass is 10.2. The van der Waals surface area contributed by atoms with Gasteiger partial charge in [0.2, 0.25) is 10.0 Å². The first-order valence-corrected chi connectivity index (χ1v) is 12.1. The van der Waals surface area contributed by atoms with Gasteiger partial charge in [0.25, 0.3) is 5.91 Å². The van der Waals surface area contributed by atoms with E-state index in [1.165, 1.54) is 39.9 Å². The predicted molar refractivity (Wildman–Crippen MR) is 119 cm³/mol. The third-order valence-electron chi connectivity index (χ3n) is 4.99. The number of ether oxygens (including phenoxy) is 1. The number of sulfonamides is 1. The molecule has 0 unspecified atom stereocenters. The highest BCUT2D eigenvalue weighted by molar-refractivity contribution is 7.89. The van der Waals surface area contributed by atoms with Gasteiger partial charge in [0.1, 0.15) is 0 Å².